The second-order valence-corrected chi connectivity index (χ2v) is 4.77. The van der Waals surface area contributed by atoms with Crippen LogP contribution in [0.3, 0.4) is 0 Å². The molecular formula is C16H22N2O3. The molecule has 0 atom stereocenters. The van der Waals surface area contributed by atoms with Gasteiger partial charge < -0.3 is 19.8 Å². The third-order valence-corrected chi connectivity index (χ3v) is 3.37. The molecule has 5 nitrogen and oxygen atoms in total. The monoisotopic (exact) mass is 290 g/mol. The average Bonchev–Trinajstić information content (AvgIpc) is 2.90. The summed E-state index contributed by atoms with van der Waals surface area (Å²) in [5.74, 6) is 0.866. The number of methoxy groups -OCH3 is 1. The van der Waals surface area contributed by atoms with Crippen LogP contribution in [0.15, 0.2) is 24.4 Å². The molecule has 1 amide bonds. The van der Waals surface area contributed by atoms with Gasteiger partial charge in [0.2, 0.25) is 5.91 Å². The van der Waals surface area contributed by atoms with Crippen molar-refractivity contribution in [2.45, 2.75) is 19.8 Å². The van der Waals surface area contributed by atoms with Gasteiger partial charge in [0.25, 0.3) is 0 Å². The third kappa shape index (κ3) is 4.23. The zero-order valence-electron chi connectivity index (χ0n) is 12.6. The van der Waals surface area contributed by atoms with Crippen LogP contribution in [0.1, 0.15) is 18.9 Å². The van der Waals surface area contributed by atoms with Crippen LogP contribution in [-0.4, -0.2) is 37.8 Å². The molecule has 0 saturated carbocycles. The zero-order chi connectivity index (χ0) is 15.1. The first-order chi connectivity index (χ1) is 10.2. The lowest BCUT2D eigenvalue weighted by Crippen LogP contribution is -2.26. The Morgan fingerprint density at radius 3 is 3.00 bits per heavy atom. The Hall–Kier alpha value is -2.01. The number of aromatic nitrogens is 1. The van der Waals surface area contributed by atoms with E-state index in [0.29, 0.717) is 26.2 Å². The fourth-order valence-electron chi connectivity index (χ4n) is 2.23. The number of carbonyl (C=O) groups excluding carboxylic acids is 1. The Bertz CT molecular complexity index is 592. The number of fused-ring (bicyclic) bond motifs is 1. The molecule has 0 spiro atoms. The number of aromatic amines is 1. The molecule has 1 heterocycles. The number of hydrogen-bond acceptors (Lipinski definition) is 3. The Morgan fingerprint density at radius 2 is 2.24 bits per heavy atom. The van der Waals surface area contributed by atoms with Gasteiger partial charge in [-0.1, -0.05) is 0 Å². The molecule has 1 aromatic carbocycles. The molecule has 0 aliphatic carbocycles. The summed E-state index contributed by atoms with van der Waals surface area (Å²) in [6, 6.07) is 5.94. The molecular weight excluding hydrogens is 268 g/mol. The Morgan fingerprint density at radius 1 is 1.38 bits per heavy atom. The summed E-state index contributed by atoms with van der Waals surface area (Å²) in [5.41, 5.74) is 2.25. The lowest BCUT2D eigenvalue weighted by molar-refractivity contribution is -0.122. The standard InChI is InChI=1S/C16H22N2O3/c1-3-21-9-7-16(19)17-8-6-12-11-18-15-5-4-13(20-2)10-14(12)15/h4-5,10-11,18H,3,6-9H2,1-2H3,(H,17,19). The van der Waals surface area contributed by atoms with Crippen molar-refractivity contribution >= 4 is 16.8 Å². The van der Waals surface area contributed by atoms with Crippen molar-refractivity contribution < 1.29 is 14.3 Å². The highest BCUT2D eigenvalue weighted by atomic mass is 16.5. The second-order valence-electron chi connectivity index (χ2n) is 4.77. The van der Waals surface area contributed by atoms with Crippen molar-refractivity contribution in [2.75, 3.05) is 26.9 Å². The average molecular weight is 290 g/mol. The first-order valence-corrected chi connectivity index (χ1v) is 7.23. The Balaban J connectivity index is 1.87. The van der Waals surface area contributed by atoms with Gasteiger partial charge in [0.15, 0.2) is 0 Å². The van der Waals surface area contributed by atoms with E-state index >= 15 is 0 Å². The predicted molar refractivity (Wildman–Crippen MR) is 82.7 cm³/mol. The van der Waals surface area contributed by atoms with Crippen LogP contribution in [0, 0.1) is 0 Å². The largest absolute Gasteiger partial charge is 0.497 e. The highest BCUT2D eigenvalue weighted by Crippen LogP contribution is 2.23. The minimum Gasteiger partial charge on any atom is -0.497 e. The molecule has 5 heteroatoms. The van der Waals surface area contributed by atoms with E-state index in [1.165, 1.54) is 5.56 Å². The summed E-state index contributed by atoms with van der Waals surface area (Å²) in [5, 5.41) is 4.05. The lowest BCUT2D eigenvalue weighted by Gasteiger charge is -2.05. The van der Waals surface area contributed by atoms with Crippen LogP contribution in [0.5, 0.6) is 5.75 Å². The summed E-state index contributed by atoms with van der Waals surface area (Å²) in [4.78, 5) is 14.8. The van der Waals surface area contributed by atoms with Crippen molar-refractivity contribution in [1.82, 2.24) is 10.3 Å². The summed E-state index contributed by atoms with van der Waals surface area (Å²) in [7, 11) is 1.66. The van der Waals surface area contributed by atoms with Crippen molar-refractivity contribution in [1.29, 1.82) is 0 Å². The van der Waals surface area contributed by atoms with Crippen LogP contribution < -0.4 is 10.1 Å². The summed E-state index contributed by atoms with van der Waals surface area (Å²) >= 11 is 0. The molecule has 114 valence electrons. The predicted octanol–water partition coefficient (Wildman–Crippen LogP) is 2.26. The first kappa shape index (κ1) is 15.4. The SMILES string of the molecule is CCOCCC(=O)NCCc1c[nH]c2ccc(OC)cc12. The molecule has 2 N–H and O–H groups in total. The van der Waals surface area contributed by atoms with Gasteiger partial charge in [0.1, 0.15) is 5.75 Å². The summed E-state index contributed by atoms with van der Waals surface area (Å²) < 4.78 is 10.4. The maximum atomic E-state index is 11.6. The molecule has 0 bridgehead atoms. The van der Waals surface area contributed by atoms with Crippen LogP contribution in [0.2, 0.25) is 0 Å². The van der Waals surface area contributed by atoms with E-state index in [9.17, 15) is 4.79 Å². The lowest BCUT2D eigenvalue weighted by atomic mass is 10.1. The normalized spacial score (nSPS) is 10.8. The number of H-pyrrole nitrogens is 1. The van der Waals surface area contributed by atoms with E-state index in [2.05, 4.69) is 10.3 Å². The minimum atomic E-state index is 0.0286. The van der Waals surface area contributed by atoms with Gasteiger partial charge >= 0.3 is 0 Å². The van der Waals surface area contributed by atoms with Crippen molar-refractivity contribution in [3.8, 4) is 5.75 Å². The van der Waals surface area contributed by atoms with Gasteiger partial charge in [0, 0.05) is 36.7 Å². The number of amides is 1. The number of rotatable bonds is 8. The van der Waals surface area contributed by atoms with E-state index in [1.807, 2.05) is 31.3 Å². The van der Waals surface area contributed by atoms with Gasteiger partial charge in [-0.2, -0.15) is 0 Å². The van der Waals surface area contributed by atoms with Gasteiger partial charge in [-0.05, 0) is 37.1 Å². The van der Waals surface area contributed by atoms with Crippen molar-refractivity contribution in [2.24, 2.45) is 0 Å². The number of nitrogens with one attached hydrogen (secondary N) is 2. The van der Waals surface area contributed by atoms with E-state index in [0.717, 1.165) is 23.1 Å². The minimum absolute atomic E-state index is 0.0286. The van der Waals surface area contributed by atoms with Gasteiger partial charge in [-0.25, -0.2) is 0 Å². The van der Waals surface area contributed by atoms with E-state index in [1.54, 1.807) is 7.11 Å². The fraction of sp³-hybridized carbons (Fsp3) is 0.438. The van der Waals surface area contributed by atoms with E-state index < -0.39 is 0 Å². The summed E-state index contributed by atoms with van der Waals surface area (Å²) in [6.07, 6.45) is 3.18. The number of carbonyl (C=O) groups is 1. The molecule has 0 aliphatic rings. The molecule has 2 aromatic rings. The van der Waals surface area contributed by atoms with Crippen LogP contribution in [-0.2, 0) is 16.0 Å². The van der Waals surface area contributed by atoms with Crippen molar-refractivity contribution in [3.05, 3.63) is 30.0 Å². The number of benzene rings is 1. The third-order valence-electron chi connectivity index (χ3n) is 3.37. The summed E-state index contributed by atoms with van der Waals surface area (Å²) in [6.45, 7) is 3.66. The molecule has 1 aromatic heterocycles. The molecule has 2 rings (SSSR count). The Labute approximate surface area is 124 Å². The maximum Gasteiger partial charge on any atom is 0.222 e. The van der Waals surface area contributed by atoms with E-state index in [-0.39, 0.29) is 5.91 Å². The first-order valence-electron chi connectivity index (χ1n) is 7.23. The quantitative estimate of drug-likeness (QED) is 0.733. The van der Waals surface area contributed by atoms with Gasteiger partial charge in [0.05, 0.1) is 13.7 Å². The molecule has 0 aliphatic heterocycles. The highest BCUT2D eigenvalue weighted by molar-refractivity contribution is 5.84. The fourth-order valence-corrected chi connectivity index (χ4v) is 2.23. The van der Waals surface area contributed by atoms with Crippen LogP contribution in [0.25, 0.3) is 10.9 Å². The van der Waals surface area contributed by atoms with Crippen molar-refractivity contribution in [3.63, 3.8) is 0 Å². The van der Waals surface area contributed by atoms with Crippen LogP contribution in [0.4, 0.5) is 0 Å². The molecule has 0 saturated heterocycles. The number of ether oxygens (including phenoxy) is 2. The highest BCUT2D eigenvalue weighted by Gasteiger charge is 2.06. The van der Waals surface area contributed by atoms with Crippen LogP contribution >= 0.6 is 0 Å². The smallest absolute Gasteiger partial charge is 0.222 e. The van der Waals surface area contributed by atoms with E-state index in [4.69, 9.17) is 9.47 Å². The molecule has 0 radical (unpaired) electrons. The number of hydrogen-bond donors (Lipinski definition) is 2. The van der Waals surface area contributed by atoms with Gasteiger partial charge in [-0.15, -0.1) is 0 Å². The molecule has 0 fully saturated rings. The second kappa shape index (κ2) is 7.69. The topological polar surface area (TPSA) is 63.3 Å². The molecule has 21 heavy (non-hydrogen) atoms. The molecule has 0 unspecified atom stereocenters. The van der Waals surface area contributed by atoms with Gasteiger partial charge in [-0.3, -0.25) is 4.79 Å². The zero-order valence-corrected chi connectivity index (χ0v) is 12.6. The maximum absolute atomic E-state index is 11.6. The Kier molecular flexibility index (Phi) is 5.63.